The first-order valence-corrected chi connectivity index (χ1v) is 5.62. The molecule has 16 heavy (non-hydrogen) atoms. The predicted octanol–water partition coefficient (Wildman–Crippen LogP) is 1.24. The third kappa shape index (κ3) is 2.90. The van der Waals surface area contributed by atoms with Gasteiger partial charge in [0.15, 0.2) is 5.82 Å². The lowest BCUT2D eigenvalue weighted by molar-refractivity contribution is 0.0830. The summed E-state index contributed by atoms with van der Waals surface area (Å²) < 4.78 is 10.5. The highest BCUT2D eigenvalue weighted by molar-refractivity contribution is 4.96. The van der Waals surface area contributed by atoms with Gasteiger partial charge < -0.3 is 14.6 Å². The molecule has 0 bridgehead atoms. The molecule has 5 heteroatoms. The van der Waals surface area contributed by atoms with Crippen molar-refractivity contribution in [3.8, 4) is 0 Å². The second-order valence-electron chi connectivity index (χ2n) is 3.85. The minimum Gasteiger partial charge on any atom is -0.381 e. The van der Waals surface area contributed by atoms with Crippen LogP contribution in [0.4, 0.5) is 0 Å². The molecule has 2 rings (SSSR count). The molecule has 0 aliphatic carbocycles. The van der Waals surface area contributed by atoms with Crippen LogP contribution in [0.1, 0.15) is 30.5 Å². The van der Waals surface area contributed by atoms with Gasteiger partial charge in [0, 0.05) is 25.7 Å². The van der Waals surface area contributed by atoms with Gasteiger partial charge in [0.2, 0.25) is 5.89 Å². The van der Waals surface area contributed by atoms with E-state index in [0.29, 0.717) is 18.4 Å². The van der Waals surface area contributed by atoms with Crippen LogP contribution in [0, 0.1) is 0 Å². The van der Waals surface area contributed by atoms with Gasteiger partial charge >= 0.3 is 0 Å². The van der Waals surface area contributed by atoms with Crippen molar-refractivity contribution in [2.24, 2.45) is 0 Å². The summed E-state index contributed by atoms with van der Waals surface area (Å²) in [5.41, 5.74) is 0. The average Bonchev–Trinajstić information content (AvgIpc) is 2.79. The van der Waals surface area contributed by atoms with Crippen LogP contribution in [0.5, 0.6) is 0 Å². The lowest BCUT2D eigenvalue weighted by Crippen LogP contribution is -2.16. The maximum Gasteiger partial charge on any atom is 0.240 e. The molecule has 0 radical (unpaired) electrons. The summed E-state index contributed by atoms with van der Waals surface area (Å²) in [6.45, 7) is 6.56. The summed E-state index contributed by atoms with van der Waals surface area (Å²) in [6, 6.07) is 0. The molecule has 1 N–H and O–H groups in total. The van der Waals surface area contributed by atoms with Crippen molar-refractivity contribution in [2.75, 3.05) is 19.8 Å². The van der Waals surface area contributed by atoms with Gasteiger partial charge in [-0.3, -0.25) is 0 Å². The third-order valence-electron chi connectivity index (χ3n) is 2.64. The van der Waals surface area contributed by atoms with Gasteiger partial charge in [-0.2, -0.15) is 4.98 Å². The number of aromatic nitrogens is 2. The Morgan fingerprint density at radius 3 is 3.00 bits per heavy atom. The van der Waals surface area contributed by atoms with Crippen molar-refractivity contribution in [3.63, 3.8) is 0 Å². The molecule has 88 valence electrons. The van der Waals surface area contributed by atoms with Crippen LogP contribution in [-0.2, 0) is 11.3 Å². The Kier molecular flexibility index (Phi) is 4.07. The van der Waals surface area contributed by atoms with Crippen molar-refractivity contribution >= 4 is 0 Å². The molecule has 1 aliphatic heterocycles. The van der Waals surface area contributed by atoms with E-state index in [1.54, 1.807) is 6.08 Å². The molecule has 0 saturated carbocycles. The van der Waals surface area contributed by atoms with Crippen LogP contribution < -0.4 is 5.32 Å². The molecule has 0 aromatic carbocycles. The second-order valence-corrected chi connectivity index (χ2v) is 3.85. The quantitative estimate of drug-likeness (QED) is 0.601. The fourth-order valence-electron chi connectivity index (χ4n) is 1.74. The van der Waals surface area contributed by atoms with Crippen molar-refractivity contribution in [2.45, 2.75) is 25.3 Å². The van der Waals surface area contributed by atoms with E-state index in [-0.39, 0.29) is 0 Å². The summed E-state index contributed by atoms with van der Waals surface area (Å²) >= 11 is 0. The van der Waals surface area contributed by atoms with Crippen LogP contribution in [0.2, 0.25) is 0 Å². The number of nitrogens with one attached hydrogen (secondary N) is 1. The van der Waals surface area contributed by atoms with Gasteiger partial charge in [0.05, 0.1) is 6.54 Å². The fraction of sp³-hybridized carbons (Fsp3) is 0.636. The molecule has 1 aromatic heterocycles. The van der Waals surface area contributed by atoms with Gasteiger partial charge in [0.1, 0.15) is 0 Å². The zero-order valence-electron chi connectivity index (χ0n) is 9.32. The zero-order chi connectivity index (χ0) is 11.2. The molecule has 1 fully saturated rings. The molecule has 1 aliphatic rings. The highest BCUT2D eigenvalue weighted by Gasteiger charge is 2.20. The van der Waals surface area contributed by atoms with Crippen LogP contribution in [-0.4, -0.2) is 29.9 Å². The topological polar surface area (TPSA) is 60.2 Å². The molecular weight excluding hydrogens is 206 g/mol. The van der Waals surface area contributed by atoms with Crippen LogP contribution in [0.3, 0.4) is 0 Å². The van der Waals surface area contributed by atoms with E-state index in [1.165, 1.54) is 0 Å². The van der Waals surface area contributed by atoms with E-state index in [0.717, 1.165) is 38.4 Å². The third-order valence-corrected chi connectivity index (χ3v) is 2.64. The summed E-state index contributed by atoms with van der Waals surface area (Å²) in [7, 11) is 0. The molecule has 0 spiro atoms. The summed E-state index contributed by atoms with van der Waals surface area (Å²) in [6.07, 6.45) is 3.77. The van der Waals surface area contributed by atoms with Gasteiger partial charge in [-0.1, -0.05) is 11.2 Å². The van der Waals surface area contributed by atoms with Gasteiger partial charge in [-0.25, -0.2) is 0 Å². The van der Waals surface area contributed by atoms with Crippen LogP contribution in [0.15, 0.2) is 17.2 Å². The van der Waals surface area contributed by atoms with E-state index in [2.05, 4.69) is 22.0 Å². The average molecular weight is 223 g/mol. The maximum atomic E-state index is 5.30. The Bertz CT molecular complexity index is 332. The standard InChI is InChI=1S/C11H17N3O2/c1-2-5-12-8-10-13-11(14-16-10)9-3-6-15-7-4-9/h2,9,12H,1,3-8H2. The largest absolute Gasteiger partial charge is 0.381 e. The first-order chi connectivity index (χ1) is 7.90. The normalized spacial score (nSPS) is 17.5. The smallest absolute Gasteiger partial charge is 0.240 e. The van der Waals surface area contributed by atoms with E-state index in [9.17, 15) is 0 Å². The number of ether oxygens (including phenoxy) is 1. The molecule has 5 nitrogen and oxygen atoms in total. The number of rotatable bonds is 5. The summed E-state index contributed by atoms with van der Waals surface area (Å²) in [4.78, 5) is 4.38. The highest BCUT2D eigenvalue weighted by Crippen LogP contribution is 2.24. The minimum atomic E-state index is 0.394. The maximum absolute atomic E-state index is 5.30. The Hall–Kier alpha value is -1.20. The Balaban J connectivity index is 1.88. The van der Waals surface area contributed by atoms with E-state index < -0.39 is 0 Å². The number of hydrogen-bond donors (Lipinski definition) is 1. The van der Waals surface area contributed by atoms with E-state index in [4.69, 9.17) is 9.26 Å². The van der Waals surface area contributed by atoms with Gasteiger partial charge in [-0.15, -0.1) is 6.58 Å². The zero-order valence-corrected chi connectivity index (χ0v) is 9.32. The summed E-state index contributed by atoms with van der Waals surface area (Å²) in [5.74, 6) is 1.85. The minimum absolute atomic E-state index is 0.394. The molecule has 1 saturated heterocycles. The molecule has 2 heterocycles. The Labute approximate surface area is 94.9 Å². The molecule has 0 amide bonds. The molecule has 0 unspecified atom stereocenters. The second kappa shape index (κ2) is 5.77. The Morgan fingerprint density at radius 2 is 2.25 bits per heavy atom. The van der Waals surface area contributed by atoms with E-state index in [1.807, 2.05) is 0 Å². The van der Waals surface area contributed by atoms with Gasteiger partial charge in [0.25, 0.3) is 0 Å². The van der Waals surface area contributed by atoms with E-state index >= 15 is 0 Å². The first-order valence-electron chi connectivity index (χ1n) is 5.62. The fourth-order valence-corrected chi connectivity index (χ4v) is 1.74. The SMILES string of the molecule is C=CCNCc1nc(C2CCOCC2)no1. The Morgan fingerprint density at radius 1 is 1.44 bits per heavy atom. The van der Waals surface area contributed by atoms with Crippen molar-refractivity contribution in [1.82, 2.24) is 15.5 Å². The van der Waals surface area contributed by atoms with Crippen molar-refractivity contribution in [3.05, 3.63) is 24.4 Å². The van der Waals surface area contributed by atoms with Gasteiger partial charge in [-0.05, 0) is 12.8 Å². The lowest BCUT2D eigenvalue weighted by atomic mass is 10.00. The van der Waals surface area contributed by atoms with Crippen LogP contribution >= 0.6 is 0 Å². The number of nitrogens with zero attached hydrogens (tertiary/aromatic N) is 2. The molecular formula is C11H17N3O2. The number of hydrogen-bond acceptors (Lipinski definition) is 5. The van der Waals surface area contributed by atoms with Crippen molar-refractivity contribution in [1.29, 1.82) is 0 Å². The summed E-state index contributed by atoms with van der Waals surface area (Å²) in [5, 5.41) is 7.14. The first kappa shape index (κ1) is 11.3. The predicted molar refractivity (Wildman–Crippen MR) is 59.0 cm³/mol. The molecule has 0 atom stereocenters. The van der Waals surface area contributed by atoms with Crippen LogP contribution in [0.25, 0.3) is 0 Å². The highest BCUT2D eigenvalue weighted by atomic mass is 16.5. The monoisotopic (exact) mass is 223 g/mol. The van der Waals surface area contributed by atoms with Crippen molar-refractivity contribution < 1.29 is 9.26 Å². The molecule has 1 aromatic rings. The lowest BCUT2D eigenvalue weighted by Gasteiger charge is -2.18.